The van der Waals surface area contributed by atoms with Gasteiger partial charge in [0.25, 0.3) is 5.91 Å². The van der Waals surface area contributed by atoms with E-state index in [1.807, 2.05) is 30.5 Å². The van der Waals surface area contributed by atoms with E-state index in [0.717, 1.165) is 32.9 Å². The van der Waals surface area contributed by atoms with Gasteiger partial charge >= 0.3 is 6.03 Å². The molecule has 1 saturated heterocycles. The van der Waals surface area contributed by atoms with Gasteiger partial charge in [-0.05, 0) is 11.6 Å². The normalized spacial score (nSPS) is 17.7. The number of hydrogen-bond acceptors (Lipinski definition) is 5. The average molecular weight is 362 g/mol. The maximum Gasteiger partial charge on any atom is 0.325 e. The molecule has 0 saturated carbocycles. The molecule has 0 radical (unpaired) electrons. The summed E-state index contributed by atoms with van der Waals surface area (Å²) in [7, 11) is 0. The number of nitrogens with zero attached hydrogens (tertiary/aromatic N) is 3. The molecule has 0 spiro atoms. The van der Waals surface area contributed by atoms with Crippen molar-refractivity contribution in [2.45, 2.75) is 19.0 Å². The van der Waals surface area contributed by atoms with E-state index in [1.54, 1.807) is 0 Å². The molecule has 7 nitrogen and oxygen atoms in total. The predicted octanol–water partition coefficient (Wildman–Crippen LogP) is 2.34. The van der Waals surface area contributed by atoms with E-state index < -0.39 is 12.1 Å². The molecule has 0 unspecified atom stereocenters. The van der Waals surface area contributed by atoms with Gasteiger partial charge in [0, 0.05) is 35.1 Å². The zero-order valence-electron chi connectivity index (χ0n) is 12.3. The maximum atomic E-state index is 12.6. The Kier molecular flexibility index (Phi) is 3.70. The van der Waals surface area contributed by atoms with Gasteiger partial charge in [-0.25, -0.2) is 4.79 Å². The number of aromatic amines is 1. The lowest BCUT2D eigenvalue weighted by molar-refractivity contribution is -0.127. The van der Waals surface area contributed by atoms with Gasteiger partial charge in [0.15, 0.2) is 0 Å². The number of fused-ring (bicyclic) bond motifs is 1. The van der Waals surface area contributed by atoms with Crippen LogP contribution in [0.2, 0.25) is 4.34 Å². The number of rotatable bonds is 4. The minimum absolute atomic E-state index is 0.0321. The van der Waals surface area contributed by atoms with Crippen molar-refractivity contribution in [3.05, 3.63) is 46.1 Å². The van der Waals surface area contributed by atoms with Crippen molar-refractivity contribution in [2.24, 2.45) is 0 Å². The van der Waals surface area contributed by atoms with Crippen molar-refractivity contribution in [3.8, 4) is 0 Å². The summed E-state index contributed by atoms with van der Waals surface area (Å²) in [6, 6.07) is 6.81. The summed E-state index contributed by atoms with van der Waals surface area (Å²) >= 11 is 6.98. The van der Waals surface area contributed by atoms with Gasteiger partial charge in [-0.2, -0.15) is 0 Å². The van der Waals surface area contributed by atoms with Crippen molar-refractivity contribution in [2.75, 3.05) is 0 Å². The number of hydrogen-bond donors (Lipinski definition) is 2. The lowest BCUT2D eigenvalue weighted by Crippen LogP contribution is -2.32. The summed E-state index contributed by atoms with van der Waals surface area (Å²) in [5.74, 6) is -0.283. The summed E-state index contributed by atoms with van der Waals surface area (Å²) in [6.45, 7) is 0.0321. The molecule has 3 aromatic rings. The second-order valence-electron chi connectivity index (χ2n) is 5.48. The number of aromatic nitrogens is 3. The number of halogens is 1. The van der Waals surface area contributed by atoms with Crippen LogP contribution in [-0.4, -0.2) is 37.5 Å². The molecule has 2 aromatic heterocycles. The number of imide groups is 1. The largest absolute Gasteiger partial charge is 0.361 e. The smallest absolute Gasteiger partial charge is 0.325 e. The van der Waals surface area contributed by atoms with E-state index >= 15 is 0 Å². The van der Waals surface area contributed by atoms with Crippen LogP contribution >= 0.6 is 23.1 Å². The van der Waals surface area contributed by atoms with Crippen molar-refractivity contribution >= 4 is 46.0 Å². The lowest BCUT2D eigenvalue weighted by Gasteiger charge is -2.11. The first-order valence-corrected chi connectivity index (χ1v) is 8.42. The summed E-state index contributed by atoms with van der Waals surface area (Å²) in [5, 5.41) is 7.62. The summed E-state index contributed by atoms with van der Waals surface area (Å²) in [5.41, 5.74) is 2.42. The van der Waals surface area contributed by atoms with E-state index in [2.05, 4.69) is 19.9 Å². The minimum atomic E-state index is -0.595. The third kappa shape index (κ3) is 2.53. The van der Waals surface area contributed by atoms with Crippen LogP contribution in [0.1, 0.15) is 11.3 Å². The van der Waals surface area contributed by atoms with Gasteiger partial charge < -0.3 is 10.3 Å². The number of nitrogens with one attached hydrogen (secondary N) is 2. The average Bonchev–Trinajstić information content (AvgIpc) is 3.24. The standard InChI is InChI=1S/C15H12ClN5O2S/c16-13-12(19-20-24-13)7-21-14(22)11(18-15(21)23)5-8-6-17-10-4-2-1-3-9(8)10/h1-4,6,11,17H,5,7H2,(H,18,23)/t11-/m1/s1. The number of carbonyl (C=O) groups excluding carboxylic acids is 2. The number of amides is 3. The molecule has 1 aliphatic rings. The van der Waals surface area contributed by atoms with E-state index in [1.165, 1.54) is 0 Å². The highest BCUT2D eigenvalue weighted by molar-refractivity contribution is 7.10. The molecule has 1 fully saturated rings. The monoisotopic (exact) mass is 361 g/mol. The van der Waals surface area contributed by atoms with Gasteiger partial charge in [-0.15, -0.1) is 5.10 Å². The minimum Gasteiger partial charge on any atom is -0.361 e. The van der Waals surface area contributed by atoms with Crippen LogP contribution < -0.4 is 5.32 Å². The molecular weight excluding hydrogens is 350 g/mol. The second kappa shape index (κ2) is 5.88. The Labute approximate surface area is 145 Å². The number of benzene rings is 1. The van der Waals surface area contributed by atoms with Crippen LogP contribution in [-0.2, 0) is 17.8 Å². The first-order valence-electron chi connectivity index (χ1n) is 7.27. The molecule has 24 heavy (non-hydrogen) atoms. The molecule has 0 aliphatic carbocycles. The third-order valence-corrected chi connectivity index (χ3v) is 5.01. The zero-order chi connectivity index (χ0) is 16.7. The zero-order valence-corrected chi connectivity index (χ0v) is 13.9. The number of H-pyrrole nitrogens is 1. The summed E-state index contributed by atoms with van der Waals surface area (Å²) in [6.07, 6.45) is 2.29. The van der Waals surface area contributed by atoms with Gasteiger partial charge in [0.1, 0.15) is 16.1 Å². The Hall–Kier alpha value is -2.45. The quantitative estimate of drug-likeness (QED) is 0.698. The fraction of sp³-hybridized carbons (Fsp3) is 0.200. The van der Waals surface area contributed by atoms with E-state index in [4.69, 9.17) is 11.6 Å². The Morgan fingerprint density at radius 3 is 2.92 bits per heavy atom. The molecule has 3 amide bonds. The Bertz CT molecular complexity index is 937. The highest BCUT2D eigenvalue weighted by Gasteiger charge is 2.38. The van der Waals surface area contributed by atoms with Crippen LogP contribution in [0.5, 0.6) is 0 Å². The number of carbonyl (C=O) groups is 2. The van der Waals surface area contributed by atoms with E-state index in [9.17, 15) is 9.59 Å². The molecule has 1 atom stereocenters. The molecule has 122 valence electrons. The van der Waals surface area contributed by atoms with Crippen LogP contribution in [0.3, 0.4) is 0 Å². The molecule has 0 bridgehead atoms. The first-order chi connectivity index (χ1) is 11.6. The van der Waals surface area contributed by atoms with Gasteiger partial charge in [0.05, 0.1) is 6.54 Å². The van der Waals surface area contributed by atoms with Crippen LogP contribution in [0.15, 0.2) is 30.5 Å². The second-order valence-corrected chi connectivity index (χ2v) is 6.84. The topological polar surface area (TPSA) is 91.0 Å². The van der Waals surface area contributed by atoms with Crippen molar-refractivity contribution in [3.63, 3.8) is 0 Å². The summed E-state index contributed by atoms with van der Waals surface area (Å²) < 4.78 is 4.10. The van der Waals surface area contributed by atoms with E-state index in [-0.39, 0.29) is 12.5 Å². The first kappa shape index (κ1) is 15.1. The Balaban J connectivity index is 1.54. The lowest BCUT2D eigenvalue weighted by atomic mass is 10.1. The molecule has 2 N–H and O–H groups in total. The van der Waals surface area contributed by atoms with Gasteiger partial charge in [0.2, 0.25) is 0 Å². The number of para-hydroxylation sites is 1. The molecule has 1 aromatic carbocycles. The SMILES string of the molecule is O=C1N[C@H](Cc2c[nH]c3ccccc23)C(=O)N1Cc1nnsc1Cl. The maximum absolute atomic E-state index is 12.6. The highest BCUT2D eigenvalue weighted by atomic mass is 35.5. The van der Waals surface area contributed by atoms with Crippen LogP contribution in [0, 0.1) is 0 Å². The molecule has 1 aliphatic heterocycles. The van der Waals surface area contributed by atoms with Crippen LogP contribution in [0.4, 0.5) is 4.79 Å². The van der Waals surface area contributed by atoms with Crippen molar-refractivity contribution < 1.29 is 9.59 Å². The van der Waals surface area contributed by atoms with Crippen molar-refractivity contribution in [1.29, 1.82) is 0 Å². The van der Waals surface area contributed by atoms with Gasteiger partial charge in [-0.1, -0.05) is 34.3 Å². The predicted molar refractivity (Wildman–Crippen MR) is 89.8 cm³/mol. The Morgan fingerprint density at radius 1 is 1.29 bits per heavy atom. The Morgan fingerprint density at radius 2 is 2.12 bits per heavy atom. The fourth-order valence-electron chi connectivity index (χ4n) is 2.83. The van der Waals surface area contributed by atoms with Crippen LogP contribution in [0.25, 0.3) is 10.9 Å². The van der Waals surface area contributed by atoms with Crippen molar-refractivity contribution in [1.82, 2.24) is 24.8 Å². The van der Waals surface area contributed by atoms with E-state index in [0.29, 0.717) is 16.5 Å². The van der Waals surface area contributed by atoms with Gasteiger partial charge in [-0.3, -0.25) is 9.69 Å². The molecule has 4 rings (SSSR count). The molecule has 3 heterocycles. The molecular formula is C15H12ClN5O2S. The number of urea groups is 1. The highest BCUT2D eigenvalue weighted by Crippen LogP contribution is 2.23. The molecule has 9 heteroatoms. The summed E-state index contributed by atoms with van der Waals surface area (Å²) in [4.78, 5) is 29.0. The third-order valence-electron chi connectivity index (χ3n) is 4.02. The fourth-order valence-corrected chi connectivity index (χ4v) is 3.44.